The quantitative estimate of drug-likeness (QED) is 0.751. The van der Waals surface area contributed by atoms with Gasteiger partial charge >= 0.3 is 0 Å². The highest BCUT2D eigenvalue weighted by molar-refractivity contribution is 4.83. The lowest BCUT2D eigenvalue weighted by Crippen LogP contribution is -2.40. The Labute approximate surface area is 95.8 Å². The summed E-state index contributed by atoms with van der Waals surface area (Å²) in [4.78, 5) is 0. The lowest BCUT2D eigenvalue weighted by atomic mass is 9.73. The fourth-order valence-electron chi connectivity index (χ4n) is 2.86. The molecule has 2 unspecified atom stereocenters. The van der Waals surface area contributed by atoms with E-state index in [-0.39, 0.29) is 0 Å². The molecular weight excluding hydrogens is 182 g/mol. The van der Waals surface area contributed by atoms with Crippen LogP contribution < -0.4 is 5.73 Å². The normalized spacial score (nSPS) is 31.6. The van der Waals surface area contributed by atoms with Crippen molar-refractivity contribution in [3.63, 3.8) is 0 Å². The molecule has 0 saturated heterocycles. The SMILES string of the molecule is CCC1CCC(C(N)C(C)C(C)C)CC1. The van der Waals surface area contributed by atoms with E-state index < -0.39 is 0 Å². The summed E-state index contributed by atoms with van der Waals surface area (Å²) in [5.41, 5.74) is 6.38. The summed E-state index contributed by atoms with van der Waals surface area (Å²) in [5.74, 6) is 3.19. The van der Waals surface area contributed by atoms with Gasteiger partial charge in [-0.05, 0) is 36.5 Å². The highest BCUT2D eigenvalue weighted by Gasteiger charge is 2.28. The van der Waals surface area contributed by atoms with E-state index in [1.807, 2.05) is 0 Å². The van der Waals surface area contributed by atoms with Crippen LogP contribution in [0.4, 0.5) is 0 Å². The molecule has 1 fully saturated rings. The number of hydrogen-bond acceptors (Lipinski definition) is 1. The van der Waals surface area contributed by atoms with Crippen molar-refractivity contribution in [3.05, 3.63) is 0 Å². The molecule has 90 valence electrons. The molecule has 0 spiro atoms. The molecule has 2 atom stereocenters. The van der Waals surface area contributed by atoms with E-state index in [4.69, 9.17) is 5.73 Å². The molecule has 0 bridgehead atoms. The first-order chi connectivity index (χ1) is 7.06. The van der Waals surface area contributed by atoms with Crippen LogP contribution in [0, 0.1) is 23.7 Å². The predicted molar refractivity (Wildman–Crippen MR) is 67.7 cm³/mol. The van der Waals surface area contributed by atoms with E-state index >= 15 is 0 Å². The molecule has 0 aromatic rings. The maximum absolute atomic E-state index is 6.38. The molecule has 0 amide bonds. The van der Waals surface area contributed by atoms with Crippen molar-refractivity contribution in [2.24, 2.45) is 29.4 Å². The fourth-order valence-corrected chi connectivity index (χ4v) is 2.86. The zero-order valence-corrected chi connectivity index (χ0v) is 11.0. The highest BCUT2D eigenvalue weighted by Crippen LogP contribution is 2.34. The van der Waals surface area contributed by atoms with Crippen molar-refractivity contribution in [1.82, 2.24) is 0 Å². The number of rotatable bonds is 4. The Hall–Kier alpha value is -0.0400. The minimum absolute atomic E-state index is 0.433. The van der Waals surface area contributed by atoms with Gasteiger partial charge in [0.25, 0.3) is 0 Å². The molecule has 15 heavy (non-hydrogen) atoms. The van der Waals surface area contributed by atoms with Crippen molar-refractivity contribution in [3.8, 4) is 0 Å². The molecule has 1 rings (SSSR count). The molecule has 1 nitrogen and oxygen atoms in total. The van der Waals surface area contributed by atoms with Crippen LogP contribution in [0.5, 0.6) is 0 Å². The Bertz CT molecular complexity index is 168. The second kappa shape index (κ2) is 5.89. The molecule has 0 radical (unpaired) electrons. The first-order valence-corrected chi connectivity index (χ1v) is 6.81. The molecule has 0 heterocycles. The topological polar surface area (TPSA) is 26.0 Å². The first kappa shape index (κ1) is 13.0. The molecule has 0 aliphatic heterocycles. The molecule has 2 N–H and O–H groups in total. The van der Waals surface area contributed by atoms with E-state index in [1.54, 1.807) is 0 Å². The summed E-state index contributed by atoms with van der Waals surface area (Å²) >= 11 is 0. The van der Waals surface area contributed by atoms with E-state index in [2.05, 4.69) is 27.7 Å². The van der Waals surface area contributed by atoms with Gasteiger partial charge in [0.2, 0.25) is 0 Å². The fraction of sp³-hybridized carbons (Fsp3) is 1.00. The monoisotopic (exact) mass is 211 g/mol. The van der Waals surface area contributed by atoms with E-state index in [9.17, 15) is 0 Å². The molecule has 0 aromatic carbocycles. The minimum atomic E-state index is 0.433. The zero-order chi connectivity index (χ0) is 11.4. The Morgan fingerprint density at radius 2 is 1.60 bits per heavy atom. The van der Waals surface area contributed by atoms with Crippen molar-refractivity contribution in [2.45, 2.75) is 65.8 Å². The van der Waals surface area contributed by atoms with Crippen molar-refractivity contribution >= 4 is 0 Å². The maximum Gasteiger partial charge on any atom is 0.00954 e. The van der Waals surface area contributed by atoms with Gasteiger partial charge < -0.3 is 5.73 Å². The van der Waals surface area contributed by atoms with Crippen LogP contribution in [0.3, 0.4) is 0 Å². The number of hydrogen-bond donors (Lipinski definition) is 1. The first-order valence-electron chi connectivity index (χ1n) is 6.81. The summed E-state index contributed by atoms with van der Waals surface area (Å²) in [6.07, 6.45) is 6.94. The van der Waals surface area contributed by atoms with Crippen molar-refractivity contribution in [2.75, 3.05) is 0 Å². The Balaban J connectivity index is 2.39. The highest BCUT2D eigenvalue weighted by atomic mass is 14.7. The van der Waals surface area contributed by atoms with Crippen molar-refractivity contribution in [1.29, 1.82) is 0 Å². The molecule has 1 saturated carbocycles. The van der Waals surface area contributed by atoms with Crippen LogP contribution in [-0.2, 0) is 0 Å². The van der Waals surface area contributed by atoms with Gasteiger partial charge in [0, 0.05) is 6.04 Å². The zero-order valence-electron chi connectivity index (χ0n) is 11.0. The molecule has 1 aliphatic rings. The van der Waals surface area contributed by atoms with E-state index in [1.165, 1.54) is 32.1 Å². The summed E-state index contributed by atoms with van der Waals surface area (Å²) in [6, 6.07) is 0.433. The van der Waals surface area contributed by atoms with Gasteiger partial charge in [0.15, 0.2) is 0 Å². The van der Waals surface area contributed by atoms with E-state index in [0.717, 1.165) is 17.8 Å². The molecule has 0 aromatic heterocycles. The standard InChI is InChI=1S/C14H29N/c1-5-12-6-8-13(9-7-12)14(15)11(4)10(2)3/h10-14H,5-9,15H2,1-4H3. The Kier molecular flexibility index (Phi) is 5.11. The second-order valence-corrected chi connectivity index (χ2v) is 5.87. The van der Waals surface area contributed by atoms with Gasteiger partial charge in [-0.2, -0.15) is 0 Å². The third-order valence-corrected chi connectivity index (χ3v) is 4.67. The van der Waals surface area contributed by atoms with Gasteiger partial charge in [-0.15, -0.1) is 0 Å². The Morgan fingerprint density at radius 3 is 2.00 bits per heavy atom. The van der Waals surface area contributed by atoms with Crippen LogP contribution in [0.15, 0.2) is 0 Å². The average Bonchev–Trinajstić information content (AvgIpc) is 2.27. The van der Waals surface area contributed by atoms with Crippen LogP contribution in [0.1, 0.15) is 59.8 Å². The minimum Gasteiger partial charge on any atom is -0.327 e. The smallest absolute Gasteiger partial charge is 0.00954 e. The van der Waals surface area contributed by atoms with Gasteiger partial charge in [0.05, 0.1) is 0 Å². The summed E-state index contributed by atoms with van der Waals surface area (Å²) in [6.45, 7) is 9.23. The third-order valence-electron chi connectivity index (χ3n) is 4.67. The summed E-state index contributed by atoms with van der Waals surface area (Å²) < 4.78 is 0. The van der Waals surface area contributed by atoms with Gasteiger partial charge in [-0.3, -0.25) is 0 Å². The summed E-state index contributed by atoms with van der Waals surface area (Å²) in [7, 11) is 0. The molecular formula is C14H29N. The molecule has 1 aliphatic carbocycles. The predicted octanol–water partition coefficient (Wildman–Crippen LogP) is 3.82. The lowest BCUT2D eigenvalue weighted by molar-refractivity contribution is 0.187. The third kappa shape index (κ3) is 3.48. The van der Waals surface area contributed by atoms with Crippen molar-refractivity contribution < 1.29 is 0 Å². The maximum atomic E-state index is 6.38. The largest absolute Gasteiger partial charge is 0.327 e. The Morgan fingerprint density at radius 1 is 1.07 bits per heavy atom. The van der Waals surface area contributed by atoms with Crippen LogP contribution in [0.2, 0.25) is 0 Å². The molecule has 1 heteroatoms. The van der Waals surface area contributed by atoms with Crippen LogP contribution >= 0.6 is 0 Å². The van der Waals surface area contributed by atoms with Crippen LogP contribution in [0.25, 0.3) is 0 Å². The average molecular weight is 211 g/mol. The van der Waals surface area contributed by atoms with Gasteiger partial charge in [0.1, 0.15) is 0 Å². The van der Waals surface area contributed by atoms with E-state index in [0.29, 0.717) is 12.0 Å². The number of nitrogens with two attached hydrogens (primary N) is 1. The van der Waals surface area contributed by atoms with Gasteiger partial charge in [-0.25, -0.2) is 0 Å². The van der Waals surface area contributed by atoms with Gasteiger partial charge in [-0.1, -0.05) is 47.0 Å². The van der Waals surface area contributed by atoms with Crippen LogP contribution in [-0.4, -0.2) is 6.04 Å². The second-order valence-electron chi connectivity index (χ2n) is 5.87. The summed E-state index contributed by atoms with van der Waals surface area (Å²) in [5, 5.41) is 0. The lowest BCUT2D eigenvalue weighted by Gasteiger charge is -2.35.